The molecule has 1 fully saturated rings. The molecule has 19 heavy (non-hydrogen) atoms. The Balaban J connectivity index is 2.04. The predicted octanol–water partition coefficient (Wildman–Crippen LogP) is 2.53. The average molecular weight is 282 g/mol. The van der Waals surface area contributed by atoms with E-state index in [2.05, 4.69) is 14.5 Å². The van der Waals surface area contributed by atoms with Crippen LogP contribution in [0.25, 0.3) is 11.2 Å². The number of aromatic nitrogens is 3. The maximum Gasteiger partial charge on any atom is 0.215 e. The molecular weight excluding hydrogens is 266 g/mol. The first-order chi connectivity index (χ1) is 9.26. The molecule has 0 saturated heterocycles. The van der Waals surface area contributed by atoms with Crippen molar-refractivity contribution < 1.29 is 9.47 Å². The van der Waals surface area contributed by atoms with Crippen molar-refractivity contribution in [3.8, 4) is 5.88 Å². The molecule has 0 aliphatic heterocycles. The van der Waals surface area contributed by atoms with Gasteiger partial charge in [-0.25, -0.2) is 4.98 Å². The molecule has 0 atom stereocenters. The Labute approximate surface area is 116 Å². The van der Waals surface area contributed by atoms with Gasteiger partial charge < -0.3 is 14.0 Å². The number of fused-ring (bicyclic) bond motifs is 1. The lowest BCUT2D eigenvalue weighted by Gasteiger charge is -2.35. The van der Waals surface area contributed by atoms with Crippen LogP contribution in [0.4, 0.5) is 0 Å². The maximum absolute atomic E-state index is 6.00. The summed E-state index contributed by atoms with van der Waals surface area (Å²) in [6.07, 6.45) is 2.28. The minimum Gasteiger partial charge on any atom is -0.481 e. The fourth-order valence-electron chi connectivity index (χ4n) is 2.54. The summed E-state index contributed by atoms with van der Waals surface area (Å²) in [6, 6.07) is 4.10. The van der Waals surface area contributed by atoms with E-state index in [1.54, 1.807) is 14.2 Å². The van der Waals surface area contributed by atoms with Crippen molar-refractivity contribution in [1.29, 1.82) is 0 Å². The van der Waals surface area contributed by atoms with Gasteiger partial charge >= 0.3 is 0 Å². The van der Waals surface area contributed by atoms with Crippen LogP contribution in [0.2, 0.25) is 0 Å². The van der Waals surface area contributed by atoms with Gasteiger partial charge in [0, 0.05) is 19.2 Å². The minimum atomic E-state index is 0.330. The highest BCUT2D eigenvalue weighted by atomic mass is 35.5. The molecule has 0 radical (unpaired) electrons. The summed E-state index contributed by atoms with van der Waals surface area (Å²) in [4.78, 5) is 9.03. The number of halogens is 1. The number of nitrogens with zero attached hydrogens (tertiary/aromatic N) is 3. The Hall–Kier alpha value is -1.33. The lowest BCUT2D eigenvalue weighted by atomic mass is 9.89. The van der Waals surface area contributed by atoms with Crippen LogP contribution >= 0.6 is 11.6 Å². The van der Waals surface area contributed by atoms with Crippen LogP contribution in [0.3, 0.4) is 0 Å². The summed E-state index contributed by atoms with van der Waals surface area (Å²) in [6.45, 7) is 0. The van der Waals surface area contributed by atoms with Crippen LogP contribution in [0.5, 0.6) is 5.88 Å². The third-order valence-electron chi connectivity index (χ3n) is 3.68. The van der Waals surface area contributed by atoms with E-state index in [9.17, 15) is 0 Å². The molecule has 6 heteroatoms. The SMILES string of the molecule is COc1ccc2nc(CCl)n(C3CC(OC)C3)c2n1. The molecule has 2 aromatic rings. The Morgan fingerprint density at radius 3 is 2.74 bits per heavy atom. The zero-order chi connectivity index (χ0) is 13.4. The van der Waals surface area contributed by atoms with Crippen molar-refractivity contribution in [2.24, 2.45) is 0 Å². The number of ether oxygens (including phenoxy) is 2. The lowest BCUT2D eigenvalue weighted by molar-refractivity contribution is 0.00659. The quantitative estimate of drug-likeness (QED) is 0.808. The molecule has 0 N–H and O–H groups in total. The molecule has 5 nitrogen and oxygen atoms in total. The second-order valence-corrected chi connectivity index (χ2v) is 4.98. The molecule has 0 spiro atoms. The number of hydrogen-bond acceptors (Lipinski definition) is 4. The van der Waals surface area contributed by atoms with E-state index in [-0.39, 0.29) is 0 Å². The number of imidazole rings is 1. The number of hydrogen-bond donors (Lipinski definition) is 0. The minimum absolute atomic E-state index is 0.330. The lowest BCUT2D eigenvalue weighted by Crippen LogP contribution is -2.33. The normalized spacial score (nSPS) is 22.5. The second kappa shape index (κ2) is 4.98. The Kier molecular flexibility index (Phi) is 3.33. The summed E-state index contributed by atoms with van der Waals surface area (Å²) in [5, 5.41) is 0. The first-order valence-corrected chi connectivity index (χ1v) is 6.81. The van der Waals surface area contributed by atoms with Crippen LogP contribution in [0.1, 0.15) is 24.7 Å². The van der Waals surface area contributed by atoms with Crippen LogP contribution in [-0.2, 0) is 10.6 Å². The van der Waals surface area contributed by atoms with E-state index in [1.807, 2.05) is 12.1 Å². The van der Waals surface area contributed by atoms with Gasteiger partial charge in [0.05, 0.1) is 19.1 Å². The summed E-state index contributed by atoms with van der Waals surface area (Å²) in [5.41, 5.74) is 1.70. The van der Waals surface area contributed by atoms with Gasteiger partial charge in [0.2, 0.25) is 5.88 Å². The topological polar surface area (TPSA) is 49.2 Å². The van der Waals surface area contributed by atoms with Crippen LogP contribution in [0, 0.1) is 0 Å². The third-order valence-corrected chi connectivity index (χ3v) is 3.92. The summed E-state index contributed by atoms with van der Waals surface area (Å²) < 4.78 is 12.6. The summed E-state index contributed by atoms with van der Waals surface area (Å²) in [5.74, 6) is 1.83. The van der Waals surface area contributed by atoms with E-state index < -0.39 is 0 Å². The molecule has 0 unspecified atom stereocenters. The summed E-state index contributed by atoms with van der Waals surface area (Å²) >= 11 is 6.00. The first kappa shape index (κ1) is 12.7. The molecule has 0 bridgehead atoms. The highest BCUT2D eigenvalue weighted by molar-refractivity contribution is 6.16. The third kappa shape index (κ3) is 2.07. The molecule has 1 aliphatic carbocycles. The number of rotatable bonds is 4. The van der Waals surface area contributed by atoms with Crippen LogP contribution < -0.4 is 4.74 Å². The van der Waals surface area contributed by atoms with E-state index >= 15 is 0 Å². The monoisotopic (exact) mass is 281 g/mol. The van der Waals surface area contributed by atoms with Crippen LogP contribution in [-0.4, -0.2) is 34.9 Å². The highest BCUT2D eigenvalue weighted by Gasteiger charge is 2.33. The molecule has 0 aromatic carbocycles. The van der Waals surface area contributed by atoms with E-state index in [4.69, 9.17) is 21.1 Å². The van der Waals surface area contributed by atoms with Gasteiger partial charge in [0.15, 0.2) is 5.65 Å². The average Bonchev–Trinajstić information content (AvgIpc) is 2.75. The predicted molar refractivity (Wildman–Crippen MR) is 72.7 cm³/mol. The Bertz CT molecular complexity index is 593. The zero-order valence-electron chi connectivity index (χ0n) is 11.0. The van der Waals surface area contributed by atoms with Gasteiger partial charge in [-0.3, -0.25) is 0 Å². The van der Waals surface area contributed by atoms with Gasteiger partial charge in [-0.2, -0.15) is 4.98 Å². The van der Waals surface area contributed by atoms with Crippen molar-refractivity contribution in [2.45, 2.75) is 30.9 Å². The molecular formula is C13H16ClN3O2. The molecule has 1 saturated carbocycles. The first-order valence-electron chi connectivity index (χ1n) is 6.27. The number of methoxy groups -OCH3 is 2. The maximum atomic E-state index is 6.00. The zero-order valence-corrected chi connectivity index (χ0v) is 11.7. The Morgan fingerprint density at radius 2 is 2.11 bits per heavy atom. The van der Waals surface area contributed by atoms with Gasteiger partial charge in [-0.05, 0) is 18.9 Å². The number of pyridine rings is 1. The fourth-order valence-corrected chi connectivity index (χ4v) is 2.72. The highest BCUT2D eigenvalue weighted by Crippen LogP contribution is 2.37. The van der Waals surface area contributed by atoms with Crippen molar-refractivity contribution in [3.63, 3.8) is 0 Å². The fraction of sp³-hybridized carbons (Fsp3) is 0.538. The number of alkyl halides is 1. The molecule has 102 valence electrons. The van der Waals surface area contributed by atoms with Crippen molar-refractivity contribution in [3.05, 3.63) is 18.0 Å². The standard InChI is InChI=1S/C13H16ClN3O2/c1-18-9-5-8(6-9)17-11(7-14)15-10-3-4-12(19-2)16-13(10)17/h3-4,8-9H,5-7H2,1-2H3. The van der Waals surface area contributed by atoms with Crippen molar-refractivity contribution in [2.75, 3.05) is 14.2 Å². The Morgan fingerprint density at radius 1 is 1.32 bits per heavy atom. The van der Waals surface area contributed by atoms with E-state index in [0.717, 1.165) is 29.8 Å². The molecule has 0 amide bonds. The van der Waals surface area contributed by atoms with Gasteiger partial charge in [-0.1, -0.05) is 0 Å². The molecule has 3 rings (SSSR count). The van der Waals surface area contributed by atoms with E-state index in [0.29, 0.717) is 23.9 Å². The summed E-state index contributed by atoms with van der Waals surface area (Å²) in [7, 11) is 3.36. The van der Waals surface area contributed by atoms with Gasteiger partial charge in [-0.15, -0.1) is 11.6 Å². The largest absolute Gasteiger partial charge is 0.481 e. The van der Waals surface area contributed by atoms with Crippen molar-refractivity contribution in [1.82, 2.24) is 14.5 Å². The molecule has 1 aliphatic rings. The molecule has 2 aromatic heterocycles. The molecule has 2 heterocycles. The van der Waals surface area contributed by atoms with Gasteiger partial charge in [0.25, 0.3) is 0 Å². The smallest absolute Gasteiger partial charge is 0.215 e. The van der Waals surface area contributed by atoms with Crippen LogP contribution in [0.15, 0.2) is 12.1 Å². The van der Waals surface area contributed by atoms with E-state index in [1.165, 1.54) is 0 Å². The second-order valence-electron chi connectivity index (χ2n) is 4.71. The van der Waals surface area contributed by atoms with Gasteiger partial charge in [0.1, 0.15) is 11.3 Å². The van der Waals surface area contributed by atoms with Crippen molar-refractivity contribution >= 4 is 22.8 Å².